The summed E-state index contributed by atoms with van der Waals surface area (Å²) in [6.45, 7) is 3.58. The van der Waals surface area contributed by atoms with Crippen LogP contribution in [-0.4, -0.2) is 15.9 Å². The Balaban J connectivity index is 2.13. The van der Waals surface area contributed by atoms with Crippen molar-refractivity contribution in [2.75, 3.05) is 5.32 Å². The van der Waals surface area contributed by atoms with Crippen LogP contribution < -0.4 is 5.32 Å². The SMILES string of the molecule is C/C=C(\C)C(=O)Nc1cnc(-c2ccccc2)nc1. The zero-order valence-corrected chi connectivity index (χ0v) is 10.9. The molecule has 1 aromatic heterocycles. The molecule has 0 aliphatic heterocycles. The van der Waals surface area contributed by atoms with E-state index < -0.39 is 0 Å². The Labute approximate surface area is 112 Å². The minimum atomic E-state index is -0.140. The molecule has 96 valence electrons. The third-order valence-corrected chi connectivity index (χ3v) is 2.73. The van der Waals surface area contributed by atoms with Gasteiger partial charge in [-0.2, -0.15) is 0 Å². The van der Waals surface area contributed by atoms with Crippen LogP contribution >= 0.6 is 0 Å². The molecule has 0 saturated heterocycles. The number of hydrogen-bond acceptors (Lipinski definition) is 3. The predicted molar refractivity (Wildman–Crippen MR) is 75.5 cm³/mol. The monoisotopic (exact) mass is 253 g/mol. The van der Waals surface area contributed by atoms with Crippen molar-refractivity contribution in [1.82, 2.24) is 9.97 Å². The minimum absolute atomic E-state index is 0.140. The Bertz CT molecular complexity index is 589. The average Bonchev–Trinajstić information content (AvgIpc) is 2.48. The van der Waals surface area contributed by atoms with Crippen molar-refractivity contribution in [3.8, 4) is 11.4 Å². The highest BCUT2D eigenvalue weighted by atomic mass is 16.1. The number of carbonyl (C=O) groups is 1. The van der Waals surface area contributed by atoms with Gasteiger partial charge >= 0.3 is 0 Å². The first-order valence-electron chi connectivity index (χ1n) is 6.02. The maximum atomic E-state index is 11.7. The number of hydrogen-bond donors (Lipinski definition) is 1. The molecule has 2 aromatic rings. The van der Waals surface area contributed by atoms with Gasteiger partial charge in [0, 0.05) is 11.1 Å². The van der Waals surface area contributed by atoms with Crippen LogP contribution in [0.1, 0.15) is 13.8 Å². The summed E-state index contributed by atoms with van der Waals surface area (Å²) in [5, 5.41) is 2.74. The van der Waals surface area contributed by atoms with Crippen molar-refractivity contribution in [3.05, 3.63) is 54.4 Å². The van der Waals surface area contributed by atoms with Gasteiger partial charge in [0.1, 0.15) is 0 Å². The zero-order valence-electron chi connectivity index (χ0n) is 10.9. The van der Waals surface area contributed by atoms with Crippen LogP contribution in [0.25, 0.3) is 11.4 Å². The molecule has 1 aromatic carbocycles. The lowest BCUT2D eigenvalue weighted by Gasteiger charge is -2.05. The molecule has 0 spiro atoms. The van der Waals surface area contributed by atoms with Crippen molar-refractivity contribution in [2.45, 2.75) is 13.8 Å². The number of aromatic nitrogens is 2. The predicted octanol–water partition coefficient (Wildman–Crippen LogP) is 3.05. The van der Waals surface area contributed by atoms with Gasteiger partial charge in [-0.25, -0.2) is 9.97 Å². The molecule has 0 aliphatic rings. The van der Waals surface area contributed by atoms with Gasteiger partial charge in [-0.1, -0.05) is 36.4 Å². The fourth-order valence-electron chi connectivity index (χ4n) is 1.49. The second-order valence-electron chi connectivity index (χ2n) is 4.09. The van der Waals surface area contributed by atoms with Gasteiger partial charge in [-0.15, -0.1) is 0 Å². The second-order valence-corrected chi connectivity index (χ2v) is 4.09. The molecule has 1 heterocycles. The largest absolute Gasteiger partial charge is 0.320 e. The number of nitrogens with one attached hydrogen (secondary N) is 1. The van der Waals surface area contributed by atoms with Gasteiger partial charge in [0.25, 0.3) is 5.91 Å². The number of allylic oxidation sites excluding steroid dienone is 1. The number of benzene rings is 1. The van der Waals surface area contributed by atoms with E-state index in [1.165, 1.54) is 0 Å². The summed E-state index contributed by atoms with van der Waals surface area (Å²) in [6, 6.07) is 9.70. The molecule has 0 saturated carbocycles. The second kappa shape index (κ2) is 5.91. The average molecular weight is 253 g/mol. The molecule has 0 aliphatic carbocycles. The van der Waals surface area contributed by atoms with E-state index >= 15 is 0 Å². The maximum absolute atomic E-state index is 11.7. The van der Waals surface area contributed by atoms with E-state index in [2.05, 4.69) is 15.3 Å². The summed E-state index contributed by atoms with van der Waals surface area (Å²) in [6.07, 6.45) is 4.97. The van der Waals surface area contributed by atoms with E-state index in [1.807, 2.05) is 37.3 Å². The molecule has 4 nitrogen and oxygen atoms in total. The zero-order chi connectivity index (χ0) is 13.7. The summed E-state index contributed by atoms with van der Waals surface area (Å²) in [5.41, 5.74) is 2.20. The van der Waals surface area contributed by atoms with Crippen LogP contribution in [0, 0.1) is 0 Å². The van der Waals surface area contributed by atoms with Crippen LogP contribution in [-0.2, 0) is 4.79 Å². The van der Waals surface area contributed by atoms with Crippen LogP contribution in [0.4, 0.5) is 5.69 Å². The molecular formula is C15H15N3O. The number of amides is 1. The van der Waals surface area contributed by atoms with Gasteiger partial charge in [-0.3, -0.25) is 4.79 Å². The number of carbonyl (C=O) groups excluding carboxylic acids is 1. The van der Waals surface area contributed by atoms with E-state index in [0.29, 0.717) is 17.1 Å². The standard InChI is InChI=1S/C15H15N3O/c1-3-11(2)15(19)18-13-9-16-14(17-10-13)12-7-5-4-6-8-12/h3-10H,1-2H3,(H,18,19)/b11-3+. The first-order valence-corrected chi connectivity index (χ1v) is 6.02. The van der Waals surface area contributed by atoms with Crippen molar-refractivity contribution in [3.63, 3.8) is 0 Å². The highest BCUT2D eigenvalue weighted by Crippen LogP contribution is 2.15. The fourth-order valence-corrected chi connectivity index (χ4v) is 1.49. The molecular weight excluding hydrogens is 238 g/mol. The molecule has 0 bridgehead atoms. The maximum Gasteiger partial charge on any atom is 0.251 e. The smallest absolute Gasteiger partial charge is 0.251 e. The minimum Gasteiger partial charge on any atom is -0.320 e. The van der Waals surface area contributed by atoms with Crippen molar-refractivity contribution in [2.24, 2.45) is 0 Å². The van der Waals surface area contributed by atoms with Gasteiger partial charge in [0.2, 0.25) is 0 Å². The quantitative estimate of drug-likeness (QED) is 0.855. The summed E-state index contributed by atoms with van der Waals surface area (Å²) in [5.74, 6) is 0.500. The van der Waals surface area contributed by atoms with Gasteiger partial charge in [0.15, 0.2) is 5.82 Å². The van der Waals surface area contributed by atoms with Gasteiger partial charge in [-0.05, 0) is 13.8 Å². The Hall–Kier alpha value is -2.49. The Kier molecular flexibility index (Phi) is 4.03. The van der Waals surface area contributed by atoms with Crippen molar-refractivity contribution >= 4 is 11.6 Å². The Morgan fingerprint density at radius 3 is 2.37 bits per heavy atom. The molecule has 2 rings (SSSR count). The Morgan fingerprint density at radius 1 is 1.16 bits per heavy atom. The lowest BCUT2D eigenvalue weighted by Crippen LogP contribution is -2.12. The van der Waals surface area contributed by atoms with E-state index in [4.69, 9.17) is 0 Å². The summed E-state index contributed by atoms with van der Waals surface area (Å²) < 4.78 is 0. The van der Waals surface area contributed by atoms with Crippen LogP contribution in [0.15, 0.2) is 54.4 Å². The lowest BCUT2D eigenvalue weighted by molar-refractivity contribution is -0.112. The van der Waals surface area contributed by atoms with Crippen molar-refractivity contribution < 1.29 is 4.79 Å². The van der Waals surface area contributed by atoms with E-state index in [9.17, 15) is 4.79 Å². The third kappa shape index (κ3) is 3.25. The molecule has 4 heteroatoms. The molecule has 1 N–H and O–H groups in total. The van der Waals surface area contributed by atoms with E-state index in [-0.39, 0.29) is 5.91 Å². The summed E-state index contributed by atoms with van der Waals surface area (Å²) >= 11 is 0. The topological polar surface area (TPSA) is 54.9 Å². The molecule has 1 amide bonds. The number of anilines is 1. The Morgan fingerprint density at radius 2 is 1.79 bits per heavy atom. The highest BCUT2D eigenvalue weighted by Gasteiger charge is 2.05. The van der Waals surface area contributed by atoms with Crippen molar-refractivity contribution in [1.29, 1.82) is 0 Å². The third-order valence-electron chi connectivity index (χ3n) is 2.73. The molecule has 0 unspecified atom stereocenters. The fraction of sp³-hybridized carbons (Fsp3) is 0.133. The highest BCUT2D eigenvalue weighted by molar-refractivity contribution is 6.03. The first-order chi connectivity index (χ1) is 9.20. The molecule has 0 fully saturated rings. The molecule has 0 atom stereocenters. The summed E-state index contributed by atoms with van der Waals surface area (Å²) in [7, 11) is 0. The van der Waals surface area contributed by atoms with E-state index in [1.54, 1.807) is 25.4 Å². The van der Waals surface area contributed by atoms with Crippen LogP contribution in [0.2, 0.25) is 0 Å². The normalized spacial score (nSPS) is 11.2. The van der Waals surface area contributed by atoms with E-state index in [0.717, 1.165) is 5.56 Å². The van der Waals surface area contributed by atoms with Crippen LogP contribution in [0.5, 0.6) is 0 Å². The first kappa shape index (κ1) is 13.0. The van der Waals surface area contributed by atoms with Gasteiger partial charge in [0.05, 0.1) is 18.1 Å². The molecule has 0 radical (unpaired) electrons. The molecule has 19 heavy (non-hydrogen) atoms. The number of rotatable bonds is 3. The lowest BCUT2D eigenvalue weighted by atomic mass is 10.2. The van der Waals surface area contributed by atoms with Crippen LogP contribution in [0.3, 0.4) is 0 Å². The summed E-state index contributed by atoms with van der Waals surface area (Å²) in [4.78, 5) is 20.1. The van der Waals surface area contributed by atoms with Gasteiger partial charge < -0.3 is 5.32 Å². The number of nitrogens with zero attached hydrogens (tertiary/aromatic N) is 2.